The molecule has 0 radical (unpaired) electrons. The van der Waals surface area contributed by atoms with E-state index in [2.05, 4.69) is 66.9 Å². The third-order valence-electron chi connectivity index (χ3n) is 8.25. The quantitative estimate of drug-likeness (QED) is 0.680. The largest absolute Gasteiger partial charge is 0.353 e. The van der Waals surface area contributed by atoms with Gasteiger partial charge in [0.1, 0.15) is 0 Å². The SMILES string of the molecule is CCCN1C[C@H](C(=O)NC2CCCCC2)CC2c3cccc4c3c(cn4C(C)(C)C)C[C@H]21. The van der Waals surface area contributed by atoms with E-state index in [1.807, 2.05) is 0 Å². The Balaban J connectivity index is 1.47. The Morgan fingerprint density at radius 1 is 1.16 bits per heavy atom. The van der Waals surface area contributed by atoms with Crippen LogP contribution in [0.25, 0.3) is 10.9 Å². The fourth-order valence-corrected chi connectivity index (χ4v) is 6.76. The first-order chi connectivity index (χ1) is 15.4. The van der Waals surface area contributed by atoms with Crippen LogP contribution in [0.1, 0.15) is 89.7 Å². The molecule has 0 spiro atoms. The highest BCUT2D eigenvalue weighted by Crippen LogP contribution is 2.46. The van der Waals surface area contributed by atoms with Crippen molar-refractivity contribution in [2.45, 2.75) is 103 Å². The van der Waals surface area contributed by atoms with Gasteiger partial charge in [0.25, 0.3) is 0 Å². The Labute approximate surface area is 193 Å². The van der Waals surface area contributed by atoms with Crippen LogP contribution >= 0.6 is 0 Å². The Kier molecular flexibility index (Phi) is 5.86. The topological polar surface area (TPSA) is 37.3 Å². The van der Waals surface area contributed by atoms with Crippen LogP contribution in [0.4, 0.5) is 0 Å². The van der Waals surface area contributed by atoms with E-state index in [1.165, 1.54) is 41.3 Å². The number of hydrogen-bond donors (Lipinski definition) is 1. The van der Waals surface area contributed by atoms with Gasteiger partial charge in [0.05, 0.1) is 5.92 Å². The van der Waals surface area contributed by atoms with Gasteiger partial charge >= 0.3 is 0 Å². The number of hydrogen-bond acceptors (Lipinski definition) is 2. The summed E-state index contributed by atoms with van der Waals surface area (Å²) < 4.78 is 2.47. The van der Waals surface area contributed by atoms with Crippen molar-refractivity contribution in [1.29, 1.82) is 0 Å². The molecule has 32 heavy (non-hydrogen) atoms. The van der Waals surface area contributed by atoms with Crippen molar-refractivity contribution in [3.05, 3.63) is 35.5 Å². The molecule has 3 atom stereocenters. The highest BCUT2D eigenvalue weighted by molar-refractivity contribution is 5.89. The number of amides is 1. The first kappa shape index (κ1) is 22.0. The number of nitrogens with zero attached hydrogens (tertiary/aromatic N) is 2. The van der Waals surface area contributed by atoms with Gasteiger partial charge in [0.15, 0.2) is 0 Å². The van der Waals surface area contributed by atoms with Gasteiger partial charge in [-0.25, -0.2) is 0 Å². The third-order valence-corrected chi connectivity index (χ3v) is 8.25. The molecule has 174 valence electrons. The molecule has 1 saturated carbocycles. The summed E-state index contributed by atoms with van der Waals surface area (Å²) in [7, 11) is 0. The fraction of sp³-hybridized carbons (Fsp3) is 0.679. The van der Waals surface area contributed by atoms with Crippen LogP contribution < -0.4 is 5.32 Å². The molecule has 1 unspecified atom stereocenters. The molecule has 5 rings (SSSR count). The van der Waals surface area contributed by atoms with Crippen LogP contribution in [0.15, 0.2) is 24.4 Å². The van der Waals surface area contributed by atoms with E-state index in [-0.39, 0.29) is 11.5 Å². The Morgan fingerprint density at radius 2 is 1.94 bits per heavy atom. The molecule has 1 aromatic carbocycles. The van der Waals surface area contributed by atoms with Gasteiger partial charge in [0, 0.05) is 47.2 Å². The summed E-state index contributed by atoms with van der Waals surface area (Å²) >= 11 is 0. The summed E-state index contributed by atoms with van der Waals surface area (Å²) in [5.74, 6) is 0.859. The third kappa shape index (κ3) is 3.89. The predicted octanol–water partition coefficient (Wildman–Crippen LogP) is 5.59. The standard InChI is InChI=1S/C28H41N3O/c1-5-14-30-17-20(27(32)29-21-10-7-6-8-11-21)15-23-22-12-9-13-24-26(22)19(16-25(23)30)18-31(24)28(2,3)4/h9,12-13,18,20-21,23,25H,5-8,10-11,14-17H2,1-4H3,(H,29,32)/t20-,23?,25-/m1/s1. The molecule has 2 aromatic rings. The number of fused-ring (bicyclic) bond motifs is 2. The van der Waals surface area contributed by atoms with E-state index in [1.54, 1.807) is 0 Å². The highest BCUT2D eigenvalue weighted by Gasteiger charge is 2.43. The number of carbonyl (C=O) groups excluding carboxylic acids is 1. The molecule has 1 aliphatic heterocycles. The van der Waals surface area contributed by atoms with Crippen molar-refractivity contribution in [3.63, 3.8) is 0 Å². The predicted molar refractivity (Wildman–Crippen MR) is 132 cm³/mol. The minimum absolute atomic E-state index is 0.0656. The van der Waals surface area contributed by atoms with Crippen molar-refractivity contribution in [2.24, 2.45) is 5.92 Å². The van der Waals surface area contributed by atoms with Crippen molar-refractivity contribution < 1.29 is 4.79 Å². The molecule has 1 aromatic heterocycles. The molecule has 2 heterocycles. The summed E-state index contributed by atoms with van der Waals surface area (Å²) in [5, 5.41) is 4.91. The molecular formula is C28H41N3O. The van der Waals surface area contributed by atoms with E-state index >= 15 is 0 Å². The second-order valence-corrected chi connectivity index (χ2v) is 11.6. The van der Waals surface area contributed by atoms with Crippen molar-refractivity contribution in [2.75, 3.05) is 13.1 Å². The van der Waals surface area contributed by atoms with Gasteiger partial charge in [-0.05, 0) is 76.6 Å². The van der Waals surface area contributed by atoms with E-state index in [0.29, 0.717) is 23.9 Å². The Hall–Kier alpha value is -1.81. The zero-order chi connectivity index (χ0) is 22.5. The lowest BCUT2D eigenvalue weighted by Crippen LogP contribution is -2.54. The van der Waals surface area contributed by atoms with E-state index in [4.69, 9.17) is 0 Å². The van der Waals surface area contributed by atoms with Gasteiger partial charge < -0.3 is 9.88 Å². The number of benzene rings is 1. The Bertz CT molecular complexity index is 978. The number of likely N-dealkylation sites (tertiary alicyclic amines) is 1. The summed E-state index contributed by atoms with van der Waals surface area (Å²) in [6, 6.07) is 7.79. The van der Waals surface area contributed by atoms with Crippen LogP contribution in [-0.4, -0.2) is 40.5 Å². The van der Waals surface area contributed by atoms with Gasteiger partial charge in [-0.3, -0.25) is 9.69 Å². The number of carbonyl (C=O) groups is 1. The molecule has 4 nitrogen and oxygen atoms in total. The summed E-state index contributed by atoms with van der Waals surface area (Å²) in [6.07, 6.45) is 11.8. The van der Waals surface area contributed by atoms with Gasteiger partial charge in [-0.2, -0.15) is 0 Å². The van der Waals surface area contributed by atoms with Gasteiger partial charge in [-0.1, -0.05) is 38.3 Å². The molecule has 3 aliphatic rings. The van der Waals surface area contributed by atoms with Crippen molar-refractivity contribution in [1.82, 2.24) is 14.8 Å². The molecule has 1 amide bonds. The smallest absolute Gasteiger partial charge is 0.224 e. The summed E-state index contributed by atoms with van der Waals surface area (Å²) in [4.78, 5) is 16.0. The molecule has 4 heteroatoms. The van der Waals surface area contributed by atoms with E-state index in [9.17, 15) is 4.79 Å². The van der Waals surface area contributed by atoms with Gasteiger partial charge in [0.2, 0.25) is 5.91 Å². The lowest BCUT2D eigenvalue weighted by Gasteiger charge is -2.47. The maximum Gasteiger partial charge on any atom is 0.224 e. The van der Waals surface area contributed by atoms with Crippen LogP contribution in [0, 0.1) is 5.92 Å². The lowest BCUT2D eigenvalue weighted by atomic mass is 9.72. The van der Waals surface area contributed by atoms with Crippen LogP contribution in [0.5, 0.6) is 0 Å². The lowest BCUT2D eigenvalue weighted by molar-refractivity contribution is -0.128. The average Bonchev–Trinajstić information content (AvgIpc) is 3.15. The summed E-state index contributed by atoms with van der Waals surface area (Å²) in [5.41, 5.74) is 4.40. The zero-order valence-corrected chi connectivity index (χ0v) is 20.5. The summed E-state index contributed by atoms with van der Waals surface area (Å²) in [6.45, 7) is 11.2. The van der Waals surface area contributed by atoms with Crippen molar-refractivity contribution >= 4 is 16.8 Å². The minimum atomic E-state index is 0.0656. The number of piperidine rings is 1. The number of aromatic nitrogens is 1. The second-order valence-electron chi connectivity index (χ2n) is 11.6. The first-order valence-electron chi connectivity index (χ1n) is 13.0. The van der Waals surface area contributed by atoms with Crippen LogP contribution in [0.2, 0.25) is 0 Å². The maximum atomic E-state index is 13.4. The van der Waals surface area contributed by atoms with Gasteiger partial charge in [-0.15, -0.1) is 0 Å². The van der Waals surface area contributed by atoms with Crippen molar-refractivity contribution in [3.8, 4) is 0 Å². The minimum Gasteiger partial charge on any atom is -0.353 e. The van der Waals surface area contributed by atoms with E-state index in [0.717, 1.165) is 45.2 Å². The van der Waals surface area contributed by atoms with Crippen LogP contribution in [0.3, 0.4) is 0 Å². The first-order valence-corrected chi connectivity index (χ1v) is 13.0. The number of rotatable bonds is 4. The Morgan fingerprint density at radius 3 is 2.66 bits per heavy atom. The maximum absolute atomic E-state index is 13.4. The average molecular weight is 436 g/mol. The zero-order valence-electron chi connectivity index (χ0n) is 20.5. The number of nitrogens with one attached hydrogen (secondary N) is 1. The molecule has 1 N–H and O–H groups in total. The normalized spacial score (nSPS) is 26.8. The fourth-order valence-electron chi connectivity index (χ4n) is 6.76. The van der Waals surface area contributed by atoms with Crippen LogP contribution in [-0.2, 0) is 16.8 Å². The monoisotopic (exact) mass is 435 g/mol. The molecule has 2 aliphatic carbocycles. The second kappa shape index (κ2) is 8.52. The van der Waals surface area contributed by atoms with E-state index < -0.39 is 0 Å². The molecular weight excluding hydrogens is 394 g/mol. The molecule has 2 fully saturated rings. The highest BCUT2D eigenvalue weighted by atomic mass is 16.2. The molecule has 0 bridgehead atoms. The molecule has 1 saturated heterocycles.